The van der Waals surface area contributed by atoms with Crippen molar-refractivity contribution in [2.45, 2.75) is 26.9 Å². The number of aliphatic hydroxyl groups is 1. The zero-order valence-electron chi connectivity index (χ0n) is 7.24. The van der Waals surface area contributed by atoms with E-state index in [-0.39, 0.29) is 17.4 Å². The Bertz CT molecular complexity index is 176. The number of hydrogen-bond acceptors (Lipinski definition) is 3. The van der Waals surface area contributed by atoms with Crippen LogP contribution in [0.2, 0.25) is 0 Å². The molecule has 0 saturated carbocycles. The highest BCUT2D eigenvalue weighted by atomic mass is 32.2. The first kappa shape index (κ1) is 10.9. The van der Waals surface area contributed by atoms with Crippen molar-refractivity contribution in [3.05, 3.63) is 0 Å². The molecule has 0 fully saturated rings. The molecule has 0 aliphatic heterocycles. The van der Waals surface area contributed by atoms with Crippen LogP contribution in [0, 0.1) is 5.92 Å². The topological polar surface area (TPSA) is 54.4 Å². The summed E-state index contributed by atoms with van der Waals surface area (Å²) in [5, 5.41) is 8.82. The number of hydrogen-bond donors (Lipinski definition) is 1. The van der Waals surface area contributed by atoms with E-state index in [2.05, 4.69) is 0 Å². The molecule has 0 aliphatic rings. The third-order valence-corrected chi connectivity index (χ3v) is 3.25. The second-order valence-corrected chi connectivity index (χ2v) is 5.47. The monoisotopic (exact) mass is 180 g/mol. The predicted octanol–water partition coefficient (Wildman–Crippen LogP) is 0.438. The minimum Gasteiger partial charge on any atom is -0.392 e. The normalized spacial score (nSPS) is 15.4. The Kier molecular flexibility index (Phi) is 4.03. The second kappa shape index (κ2) is 4.07. The molecule has 0 rings (SSSR count). The maximum absolute atomic E-state index is 11.1. The van der Waals surface area contributed by atoms with Crippen LogP contribution in [0.5, 0.6) is 0 Å². The quantitative estimate of drug-likeness (QED) is 0.683. The Morgan fingerprint density at radius 1 is 1.18 bits per heavy atom. The Morgan fingerprint density at radius 3 is 1.91 bits per heavy atom. The molecule has 0 aliphatic carbocycles. The van der Waals surface area contributed by atoms with Crippen LogP contribution in [0.25, 0.3) is 0 Å². The predicted molar refractivity (Wildman–Crippen MR) is 45.2 cm³/mol. The van der Waals surface area contributed by atoms with Gasteiger partial charge in [-0.05, 0) is 12.8 Å². The highest BCUT2D eigenvalue weighted by Crippen LogP contribution is 2.01. The van der Waals surface area contributed by atoms with Gasteiger partial charge in [0.15, 0.2) is 9.84 Å². The fourth-order valence-corrected chi connectivity index (χ4v) is 2.83. The van der Waals surface area contributed by atoms with Crippen LogP contribution >= 0.6 is 0 Å². The van der Waals surface area contributed by atoms with Gasteiger partial charge in [0.05, 0.1) is 17.6 Å². The third kappa shape index (κ3) is 6.31. The van der Waals surface area contributed by atoms with E-state index in [1.54, 1.807) is 0 Å². The summed E-state index contributed by atoms with van der Waals surface area (Å²) in [5.41, 5.74) is 0. The van der Waals surface area contributed by atoms with Crippen LogP contribution in [0.15, 0.2) is 0 Å². The van der Waals surface area contributed by atoms with Gasteiger partial charge >= 0.3 is 0 Å². The number of rotatable bonds is 4. The molecule has 0 aromatic carbocycles. The Morgan fingerprint density at radius 2 is 1.64 bits per heavy atom. The fourth-order valence-electron chi connectivity index (χ4n) is 0.943. The molecule has 0 bridgehead atoms. The average molecular weight is 180 g/mol. The molecular weight excluding hydrogens is 164 g/mol. The van der Waals surface area contributed by atoms with Crippen molar-refractivity contribution < 1.29 is 13.5 Å². The van der Waals surface area contributed by atoms with E-state index in [4.69, 9.17) is 5.11 Å². The van der Waals surface area contributed by atoms with E-state index in [1.807, 2.05) is 13.8 Å². The molecule has 1 N–H and O–H groups in total. The van der Waals surface area contributed by atoms with Crippen molar-refractivity contribution in [1.29, 1.82) is 0 Å². The van der Waals surface area contributed by atoms with Gasteiger partial charge in [-0.25, -0.2) is 8.42 Å². The molecule has 11 heavy (non-hydrogen) atoms. The largest absolute Gasteiger partial charge is 0.392 e. The standard InChI is InChI=1S/C7H16O3S/c1-6(2)4-11(9,10)5-7(3)8/h6-8H,4-5H2,1-3H3. The van der Waals surface area contributed by atoms with E-state index in [0.29, 0.717) is 0 Å². The summed E-state index contributed by atoms with van der Waals surface area (Å²) in [5.74, 6) is 0.182. The van der Waals surface area contributed by atoms with Gasteiger partial charge < -0.3 is 5.11 Å². The van der Waals surface area contributed by atoms with Crippen LogP contribution < -0.4 is 0 Å². The summed E-state index contributed by atoms with van der Waals surface area (Å²) in [6.07, 6.45) is -0.751. The lowest BCUT2D eigenvalue weighted by molar-refractivity contribution is 0.218. The molecule has 0 radical (unpaired) electrons. The molecule has 1 unspecified atom stereocenters. The fraction of sp³-hybridized carbons (Fsp3) is 1.00. The van der Waals surface area contributed by atoms with Gasteiger partial charge in [-0.3, -0.25) is 0 Å². The van der Waals surface area contributed by atoms with Gasteiger partial charge in [0.1, 0.15) is 0 Å². The smallest absolute Gasteiger partial charge is 0.153 e. The van der Waals surface area contributed by atoms with Gasteiger partial charge in [0.25, 0.3) is 0 Å². The number of aliphatic hydroxyl groups excluding tert-OH is 1. The number of sulfone groups is 1. The van der Waals surface area contributed by atoms with Crippen LogP contribution in [0.4, 0.5) is 0 Å². The first-order valence-corrected chi connectivity index (χ1v) is 5.54. The molecule has 68 valence electrons. The summed E-state index contributed by atoms with van der Waals surface area (Å²) in [6, 6.07) is 0. The van der Waals surface area contributed by atoms with E-state index in [9.17, 15) is 8.42 Å². The van der Waals surface area contributed by atoms with Crippen LogP contribution in [-0.4, -0.2) is 31.1 Å². The van der Waals surface area contributed by atoms with Crippen LogP contribution in [0.3, 0.4) is 0 Å². The molecular formula is C7H16O3S. The maximum atomic E-state index is 11.1. The zero-order valence-corrected chi connectivity index (χ0v) is 8.06. The van der Waals surface area contributed by atoms with Gasteiger partial charge in [-0.2, -0.15) is 0 Å². The van der Waals surface area contributed by atoms with Crippen molar-refractivity contribution in [3.63, 3.8) is 0 Å². The molecule has 3 nitrogen and oxygen atoms in total. The molecule has 0 amide bonds. The lowest BCUT2D eigenvalue weighted by atomic mass is 10.3. The van der Waals surface area contributed by atoms with Gasteiger partial charge in [-0.1, -0.05) is 13.8 Å². The first-order valence-electron chi connectivity index (χ1n) is 3.72. The highest BCUT2D eigenvalue weighted by Gasteiger charge is 2.15. The average Bonchev–Trinajstić information content (AvgIpc) is 1.53. The summed E-state index contributed by atoms with van der Waals surface area (Å²) < 4.78 is 22.2. The lowest BCUT2D eigenvalue weighted by Crippen LogP contribution is -2.22. The van der Waals surface area contributed by atoms with E-state index in [1.165, 1.54) is 6.92 Å². The summed E-state index contributed by atoms with van der Waals surface area (Å²) in [7, 11) is -3.03. The maximum Gasteiger partial charge on any atom is 0.153 e. The first-order chi connectivity index (χ1) is 4.83. The van der Waals surface area contributed by atoms with Gasteiger partial charge in [-0.15, -0.1) is 0 Å². The SMILES string of the molecule is CC(C)CS(=O)(=O)CC(C)O. The highest BCUT2D eigenvalue weighted by molar-refractivity contribution is 7.91. The molecule has 0 aromatic rings. The molecule has 0 saturated heterocycles. The molecule has 0 heterocycles. The molecule has 0 aromatic heterocycles. The van der Waals surface area contributed by atoms with Crippen LogP contribution in [0.1, 0.15) is 20.8 Å². The second-order valence-electron chi connectivity index (χ2n) is 3.32. The summed E-state index contributed by atoms with van der Waals surface area (Å²) in [6.45, 7) is 5.18. The Hall–Kier alpha value is -0.0900. The van der Waals surface area contributed by atoms with Crippen molar-refractivity contribution in [2.75, 3.05) is 11.5 Å². The third-order valence-electron chi connectivity index (χ3n) is 1.08. The van der Waals surface area contributed by atoms with Gasteiger partial charge in [0.2, 0.25) is 0 Å². The van der Waals surface area contributed by atoms with E-state index >= 15 is 0 Å². The minimum absolute atomic E-state index is 0.120. The molecule has 4 heteroatoms. The van der Waals surface area contributed by atoms with Crippen molar-refractivity contribution in [2.24, 2.45) is 5.92 Å². The van der Waals surface area contributed by atoms with E-state index in [0.717, 1.165) is 0 Å². The minimum atomic E-state index is -3.03. The van der Waals surface area contributed by atoms with Crippen LogP contribution in [-0.2, 0) is 9.84 Å². The lowest BCUT2D eigenvalue weighted by Gasteiger charge is -2.07. The van der Waals surface area contributed by atoms with Crippen molar-refractivity contribution in [3.8, 4) is 0 Å². The van der Waals surface area contributed by atoms with Gasteiger partial charge in [0, 0.05) is 0 Å². The molecule has 1 atom stereocenters. The Balaban J connectivity index is 4.03. The molecule has 0 spiro atoms. The van der Waals surface area contributed by atoms with Crippen molar-refractivity contribution in [1.82, 2.24) is 0 Å². The summed E-state index contributed by atoms with van der Waals surface area (Å²) in [4.78, 5) is 0. The zero-order chi connectivity index (χ0) is 9.07. The van der Waals surface area contributed by atoms with Crippen molar-refractivity contribution >= 4 is 9.84 Å². The summed E-state index contributed by atoms with van der Waals surface area (Å²) >= 11 is 0. The van der Waals surface area contributed by atoms with E-state index < -0.39 is 15.9 Å². The Labute approximate surface area is 68.3 Å².